The molecule has 1 aliphatic heterocycles. The van der Waals surface area contributed by atoms with Gasteiger partial charge in [0.15, 0.2) is 0 Å². The lowest BCUT2D eigenvalue weighted by Crippen LogP contribution is -2.33. The van der Waals surface area contributed by atoms with Gasteiger partial charge in [0.05, 0.1) is 0 Å². The molecule has 1 fully saturated rings. The second kappa shape index (κ2) is 4.62. The minimum atomic E-state index is 0.550. The maximum Gasteiger partial charge on any atom is 0.123 e. The van der Waals surface area contributed by atoms with E-state index < -0.39 is 0 Å². The molecule has 2 rings (SSSR count). The number of hydrogen-bond donors (Lipinski definition) is 1. The van der Waals surface area contributed by atoms with E-state index in [1.165, 1.54) is 31.4 Å². The minimum absolute atomic E-state index is 0.550. The summed E-state index contributed by atoms with van der Waals surface area (Å²) in [5.74, 6) is 0.633. The van der Waals surface area contributed by atoms with Crippen molar-refractivity contribution in [3.8, 4) is 0 Å². The molecule has 0 aliphatic carbocycles. The van der Waals surface area contributed by atoms with Crippen LogP contribution in [0.15, 0.2) is 18.3 Å². The molecule has 1 aromatic heterocycles. The van der Waals surface area contributed by atoms with Gasteiger partial charge in [0.1, 0.15) is 5.82 Å². The van der Waals surface area contributed by atoms with Crippen LogP contribution in [0.1, 0.15) is 37.8 Å². The Labute approximate surface area is 91.3 Å². The third-order valence-electron chi connectivity index (χ3n) is 3.21. The second-order valence-electron chi connectivity index (χ2n) is 4.15. The maximum absolute atomic E-state index is 5.72. The van der Waals surface area contributed by atoms with Gasteiger partial charge in [0.2, 0.25) is 0 Å². The van der Waals surface area contributed by atoms with Gasteiger partial charge < -0.3 is 5.73 Å². The molecule has 3 nitrogen and oxygen atoms in total. The lowest BCUT2D eigenvalue weighted by Gasteiger charge is -2.35. The van der Waals surface area contributed by atoms with Crippen LogP contribution in [0.25, 0.3) is 0 Å². The fraction of sp³-hybridized carbons (Fsp3) is 0.583. The number of likely N-dealkylation sites (tertiary alicyclic amines) is 1. The Morgan fingerprint density at radius 1 is 1.53 bits per heavy atom. The van der Waals surface area contributed by atoms with Crippen molar-refractivity contribution in [1.82, 2.24) is 9.88 Å². The zero-order chi connectivity index (χ0) is 10.7. The molecular formula is C12H19N3. The molecule has 0 amide bonds. The first-order chi connectivity index (χ1) is 7.31. The molecule has 3 heteroatoms. The lowest BCUT2D eigenvalue weighted by molar-refractivity contribution is 0.157. The first kappa shape index (κ1) is 10.4. The van der Waals surface area contributed by atoms with E-state index in [1.54, 1.807) is 0 Å². The summed E-state index contributed by atoms with van der Waals surface area (Å²) >= 11 is 0. The average Bonchev–Trinajstić information content (AvgIpc) is 2.29. The van der Waals surface area contributed by atoms with Crippen molar-refractivity contribution in [1.29, 1.82) is 0 Å². The topological polar surface area (TPSA) is 42.2 Å². The molecule has 0 saturated carbocycles. The van der Waals surface area contributed by atoms with E-state index in [0.29, 0.717) is 11.9 Å². The van der Waals surface area contributed by atoms with Crippen molar-refractivity contribution in [2.75, 3.05) is 18.8 Å². The Hall–Kier alpha value is -1.09. The van der Waals surface area contributed by atoms with Crippen LogP contribution in [0.3, 0.4) is 0 Å². The SMILES string of the molecule is CCN1CCCC[C@@H]1c1ccnc(N)c1. The monoisotopic (exact) mass is 205 g/mol. The Morgan fingerprint density at radius 3 is 3.13 bits per heavy atom. The first-order valence-corrected chi connectivity index (χ1v) is 5.76. The number of piperidine rings is 1. The Morgan fingerprint density at radius 2 is 2.40 bits per heavy atom. The van der Waals surface area contributed by atoms with E-state index in [2.05, 4.69) is 22.9 Å². The highest BCUT2D eigenvalue weighted by molar-refractivity contribution is 5.33. The number of nitrogen functional groups attached to an aromatic ring is 1. The molecule has 0 radical (unpaired) electrons. The third-order valence-corrected chi connectivity index (χ3v) is 3.21. The van der Waals surface area contributed by atoms with Gasteiger partial charge in [-0.3, -0.25) is 4.90 Å². The largest absolute Gasteiger partial charge is 0.384 e. The van der Waals surface area contributed by atoms with E-state index in [9.17, 15) is 0 Å². The van der Waals surface area contributed by atoms with Gasteiger partial charge in [-0.25, -0.2) is 4.98 Å². The van der Waals surface area contributed by atoms with Gasteiger partial charge >= 0.3 is 0 Å². The van der Waals surface area contributed by atoms with Crippen LogP contribution in [-0.4, -0.2) is 23.0 Å². The number of nitrogens with two attached hydrogens (primary N) is 1. The average molecular weight is 205 g/mol. The molecule has 1 aliphatic rings. The molecule has 1 atom stereocenters. The van der Waals surface area contributed by atoms with Gasteiger partial charge in [-0.15, -0.1) is 0 Å². The second-order valence-corrected chi connectivity index (χ2v) is 4.15. The normalized spacial score (nSPS) is 22.9. The van der Waals surface area contributed by atoms with Crippen LogP contribution in [0.4, 0.5) is 5.82 Å². The zero-order valence-electron chi connectivity index (χ0n) is 9.32. The fourth-order valence-corrected chi connectivity index (χ4v) is 2.42. The maximum atomic E-state index is 5.72. The minimum Gasteiger partial charge on any atom is -0.384 e. The fourth-order valence-electron chi connectivity index (χ4n) is 2.42. The molecule has 2 N–H and O–H groups in total. The summed E-state index contributed by atoms with van der Waals surface area (Å²) in [5.41, 5.74) is 7.05. The molecule has 0 unspecified atom stereocenters. The number of hydrogen-bond acceptors (Lipinski definition) is 3. The van der Waals surface area contributed by atoms with Crippen LogP contribution in [-0.2, 0) is 0 Å². The molecule has 1 saturated heterocycles. The molecule has 0 aromatic carbocycles. The Balaban J connectivity index is 2.20. The van der Waals surface area contributed by atoms with Crippen molar-refractivity contribution in [2.24, 2.45) is 0 Å². The number of anilines is 1. The smallest absolute Gasteiger partial charge is 0.123 e. The summed E-state index contributed by atoms with van der Waals surface area (Å²) in [6.45, 7) is 4.55. The third kappa shape index (κ3) is 2.29. The van der Waals surface area contributed by atoms with Gasteiger partial charge in [-0.05, 0) is 43.6 Å². The highest BCUT2D eigenvalue weighted by Gasteiger charge is 2.22. The lowest BCUT2D eigenvalue weighted by atomic mass is 9.96. The van der Waals surface area contributed by atoms with E-state index in [1.807, 2.05) is 12.3 Å². The van der Waals surface area contributed by atoms with Crippen molar-refractivity contribution in [3.63, 3.8) is 0 Å². The van der Waals surface area contributed by atoms with Gasteiger partial charge in [-0.1, -0.05) is 13.3 Å². The predicted molar refractivity (Wildman–Crippen MR) is 62.5 cm³/mol. The van der Waals surface area contributed by atoms with E-state index in [4.69, 9.17) is 5.73 Å². The molecule has 82 valence electrons. The number of pyridine rings is 1. The summed E-state index contributed by atoms with van der Waals surface area (Å²) < 4.78 is 0. The summed E-state index contributed by atoms with van der Waals surface area (Å²) in [4.78, 5) is 6.57. The van der Waals surface area contributed by atoms with Crippen LogP contribution in [0, 0.1) is 0 Å². The zero-order valence-corrected chi connectivity index (χ0v) is 9.32. The molecular weight excluding hydrogens is 186 g/mol. The van der Waals surface area contributed by atoms with Crippen molar-refractivity contribution in [3.05, 3.63) is 23.9 Å². The number of nitrogens with zero attached hydrogens (tertiary/aromatic N) is 2. The van der Waals surface area contributed by atoms with Crippen LogP contribution < -0.4 is 5.73 Å². The molecule has 15 heavy (non-hydrogen) atoms. The van der Waals surface area contributed by atoms with Crippen LogP contribution >= 0.6 is 0 Å². The summed E-state index contributed by atoms with van der Waals surface area (Å²) in [6.07, 6.45) is 5.71. The van der Waals surface area contributed by atoms with E-state index in [0.717, 1.165) is 6.54 Å². The highest BCUT2D eigenvalue weighted by atomic mass is 15.2. The van der Waals surface area contributed by atoms with E-state index >= 15 is 0 Å². The van der Waals surface area contributed by atoms with Crippen LogP contribution in [0.2, 0.25) is 0 Å². The van der Waals surface area contributed by atoms with Crippen molar-refractivity contribution >= 4 is 5.82 Å². The van der Waals surface area contributed by atoms with Gasteiger partial charge in [0, 0.05) is 12.2 Å². The first-order valence-electron chi connectivity index (χ1n) is 5.76. The standard InChI is InChI=1S/C12H19N3/c1-2-15-8-4-3-5-11(15)10-6-7-14-12(13)9-10/h6-7,9,11H,2-5,8H2,1H3,(H2,13,14)/t11-/m1/s1. The van der Waals surface area contributed by atoms with Crippen molar-refractivity contribution < 1.29 is 0 Å². The molecule has 0 bridgehead atoms. The quantitative estimate of drug-likeness (QED) is 0.805. The summed E-state index contributed by atoms with van der Waals surface area (Å²) in [7, 11) is 0. The van der Waals surface area contributed by atoms with Crippen molar-refractivity contribution in [2.45, 2.75) is 32.2 Å². The highest BCUT2D eigenvalue weighted by Crippen LogP contribution is 2.30. The molecule has 1 aromatic rings. The van der Waals surface area contributed by atoms with Crippen LogP contribution in [0.5, 0.6) is 0 Å². The Kier molecular flexibility index (Phi) is 3.21. The number of aromatic nitrogens is 1. The summed E-state index contributed by atoms with van der Waals surface area (Å²) in [5, 5.41) is 0. The molecule has 0 spiro atoms. The van der Waals surface area contributed by atoms with Gasteiger partial charge in [-0.2, -0.15) is 0 Å². The van der Waals surface area contributed by atoms with E-state index in [-0.39, 0.29) is 0 Å². The van der Waals surface area contributed by atoms with Gasteiger partial charge in [0.25, 0.3) is 0 Å². The molecule has 2 heterocycles. The predicted octanol–water partition coefficient (Wildman–Crippen LogP) is 2.21. The summed E-state index contributed by atoms with van der Waals surface area (Å²) in [6, 6.07) is 4.65. The number of rotatable bonds is 2. The Bertz CT molecular complexity index is 324.